The Balaban J connectivity index is 1.72. The predicted molar refractivity (Wildman–Crippen MR) is 74.7 cm³/mol. The molecule has 4 heteroatoms. The molecule has 0 aliphatic heterocycles. The minimum atomic E-state index is 0.550. The van der Waals surface area contributed by atoms with Crippen LogP contribution in [0.4, 0.5) is 0 Å². The van der Waals surface area contributed by atoms with Crippen molar-refractivity contribution in [1.29, 1.82) is 0 Å². The standard InChI is InChI=1S/C14H24N4/c1-11-13(10-17-18-11)8-5-9-16-14(15)12-6-3-2-4-7-12/h10,12H,2-9H2,1H3,(H2,15,16)(H,17,18). The van der Waals surface area contributed by atoms with Gasteiger partial charge >= 0.3 is 0 Å². The van der Waals surface area contributed by atoms with Crippen LogP contribution in [0.1, 0.15) is 49.8 Å². The average molecular weight is 248 g/mol. The zero-order valence-electron chi connectivity index (χ0n) is 11.3. The van der Waals surface area contributed by atoms with Crippen LogP contribution in [0, 0.1) is 12.8 Å². The summed E-state index contributed by atoms with van der Waals surface area (Å²) in [5.74, 6) is 1.44. The molecule has 0 unspecified atom stereocenters. The van der Waals surface area contributed by atoms with E-state index in [2.05, 4.69) is 22.1 Å². The molecule has 1 aliphatic carbocycles. The van der Waals surface area contributed by atoms with Gasteiger partial charge < -0.3 is 5.73 Å². The van der Waals surface area contributed by atoms with Crippen LogP contribution in [0.15, 0.2) is 11.2 Å². The van der Waals surface area contributed by atoms with Gasteiger partial charge in [-0.3, -0.25) is 10.1 Å². The Morgan fingerprint density at radius 1 is 1.44 bits per heavy atom. The van der Waals surface area contributed by atoms with Gasteiger partial charge in [-0.2, -0.15) is 5.10 Å². The van der Waals surface area contributed by atoms with Gasteiger partial charge in [0, 0.05) is 18.2 Å². The molecule has 18 heavy (non-hydrogen) atoms. The SMILES string of the molecule is Cc1[nH]ncc1CCCN=C(N)C1CCCCC1. The number of amidine groups is 1. The molecular formula is C14H24N4. The largest absolute Gasteiger partial charge is 0.387 e. The summed E-state index contributed by atoms with van der Waals surface area (Å²) in [6, 6.07) is 0. The van der Waals surface area contributed by atoms with Gasteiger partial charge in [-0.1, -0.05) is 19.3 Å². The van der Waals surface area contributed by atoms with Crippen molar-refractivity contribution >= 4 is 5.84 Å². The number of aliphatic imine (C=N–C) groups is 1. The molecule has 1 aromatic heterocycles. The highest BCUT2D eigenvalue weighted by atomic mass is 15.1. The molecule has 1 aromatic rings. The highest BCUT2D eigenvalue weighted by Gasteiger charge is 2.16. The lowest BCUT2D eigenvalue weighted by molar-refractivity contribution is 0.436. The van der Waals surface area contributed by atoms with Crippen molar-refractivity contribution in [3.63, 3.8) is 0 Å². The molecule has 0 aromatic carbocycles. The van der Waals surface area contributed by atoms with Crippen LogP contribution in [0.5, 0.6) is 0 Å². The Hall–Kier alpha value is -1.32. The number of nitrogens with zero attached hydrogens (tertiary/aromatic N) is 2. The van der Waals surface area contributed by atoms with Crippen LogP contribution >= 0.6 is 0 Å². The van der Waals surface area contributed by atoms with Gasteiger partial charge in [0.1, 0.15) is 0 Å². The second kappa shape index (κ2) is 6.57. The zero-order chi connectivity index (χ0) is 12.8. The molecule has 0 amide bonds. The minimum absolute atomic E-state index is 0.550. The monoisotopic (exact) mass is 248 g/mol. The highest BCUT2D eigenvalue weighted by molar-refractivity contribution is 5.82. The number of nitrogens with one attached hydrogen (secondary N) is 1. The number of nitrogens with two attached hydrogens (primary N) is 1. The smallest absolute Gasteiger partial charge is 0.0968 e. The molecule has 1 aliphatic rings. The van der Waals surface area contributed by atoms with E-state index >= 15 is 0 Å². The second-order valence-corrected chi connectivity index (χ2v) is 5.27. The average Bonchev–Trinajstić information content (AvgIpc) is 2.81. The van der Waals surface area contributed by atoms with Gasteiger partial charge in [0.25, 0.3) is 0 Å². The molecule has 100 valence electrons. The predicted octanol–water partition coefficient (Wildman–Crippen LogP) is 2.59. The molecule has 4 nitrogen and oxygen atoms in total. The molecule has 1 heterocycles. The maximum absolute atomic E-state index is 6.07. The number of aromatic amines is 1. The molecule has 0 spiro atoms. The Morgan fingerprint density at radius 2 is 2.22 bits per heavy atom. The van der Waals surface area contributed by atoms with Gasteiger partial charge in [-0.05, 0) is 38.2 Å². The fourth-order valence-electron chi connectivity index (χ4n) is 2.63. The van der Waals surface area contributed by atoms with E-state index in [9.17, 15) is 0 Å². The molecule has 0 radical (unpaired) electrons. The number of hydrogen-bond donors (Lipinski definition) is 2. The van der Waals surface area contributed by atoms with Crippen molar-refractivity contribution in [3.8, 4) is 0 Å². The maximum atomic E-state index is 6.07. The normalized spacial score (nSPS) is 18.2. The summed E-state index contributed by atoms with van der Waals surface area (Å²) < 4.78 is 0. The molecule has 0 bridgehead atoms. The van der Waals surface area contributed by atoms with Gasteiger partial charge in [0.2, 0.25) is 0 Å². The Labute approximate surface area is 109 Å². The molecule has 3 N–H and O–H groups in total. The van der Waals surface area contributed by atoms with E-state index in [0.29, 0.717) is 5.92 Å². The number of rotatable bonds is 5. The zero-order valence-corrected chi connectivity index (χ0v) is 11.3. The summed E-state index contributed by atoms with van der Waals surface area (Å²) in [6.07, 6.45) is 10.4. The molecule has 0 atom stereocenters. The van der Waals surface area contributed by atoms with E-state index < -0.39 is 0 Å². The van der Waals surface area contributed by atoms with E-state index in [0.717, 1.165) is 25.2 Å². The Kier molecular flexibility index (Phi) is 4.79. The number of hydrogen-bond acceptors (Lipinski definition) is 2. The van der Waals surface area contributed by atoms with E-state index in [-0.39, 0.29) is 0 Å². The summed E-state index contributed by atoms with van der Waals surface area (Å²) in [7, 11) is 0. The first kappa shape index (κ1) is 13.1. The highest BCUT2D eigenvalue weighted by Crippen LogP contribution is 2.23. The van der Waals surface area contributed by atoms with Crippen molar-refractivity contribution in [2.75, 3.05) is 6.54 Å². The van der Waals surface area contributed by atoms with E-state index in [1.807, 2.05) is 6.20 Å². The first-order chi connectivity index (χ1) is 8.77. The fourth-order valence-corrected chi connectivity index (χ4v) is 2.63. The number of aromatic nitrogens is 2. The number of aryl methyl sites for hydroxylation is 2. The quantitative estimate of drug-likeness (QED) is 0.478. The summed E-state index contributed by atoms with van der Waals surface area (Å²) in [6.45, 7) is 2.90. The fraction of sp³-hybridized carbons (Fsp3) is 0.714. The number of H-pyrrole nitrogens is 1. The summed E-state index contributed by atoms with van der Waals surface area (Å²) >= 11 is 0. The lowest BCUT2D eigenvalue weighted by atomic mass is 9.88. The molecule has 1 saturated carbocycles. The van der Waals surface area contributed by atoms with Crippen molar-refractivity contribution in [1.82, 2.24) is 10.2 Å². The third-order valence-electron chi connectivity index (χ3n) is 3.86. The van der Waals surface area contributed by atoms with Crippen molar-refractivity contribution in [2.45, 2.75) is 51.9 Å². The third kappa shape index (κ3) is 3.59. The van der Waals surface area contributed by atoms with Gasteiger partial charge in [0.05, 0.1) is 12.0 Å². The Bertz CT molecular complexity index is 388. The third-order valence-corrected chi connectivity index (χ3v) is 3.86. The van der Waals surface area contributed by atoms with Crippen LogP contribution in [0.3, 0.4) is 0 Å². The van der Waals surface area contributed by atoms with Crippen molar-refractivity contribution in [3.05, 3.63) is 17.5 Å². The molecule has 1 fully saturated rings. The van der Waals surface area contributed by atoms with Crippen LogP contribution < -0.4 is 5.73 Å². The van der Waals surface area contributed by atoms with Gasteiger partial charge in [0.15, 0.2) is 0 Å². The lowest BCUT2D eigenvalue weighted by Gasteiger charge is -2.20. The molecule has 2 rings (SSSR count). The van der Waals surface area contributed by atoms with Crippen LogP contribution in [0.25, 0.3) is 0 Å². The van der Waals surface area contributed by atoms with E-state index in [1.165, 1.54) is 43.4 Å². The van der Waals surface area contributed by atoms with Crippen LogP contribution in [0.2, 0.25) is 0 Å². The maximum Gasteiger partial charge on any atom is 0.0968 e. The first-order valence-electron chi connectivity index (χ1n) is 7.06. The van der Waals surface area contributed by atoms with Gasteiger partial charge in [-0.15, -0.1) is 0 Å². The minimum Gasteiger partial charge on any atom is -0.387 e. The summed E-state index contributed by atoms with van der Waals surface area (Å²) in [5, 5.41) is 6.98. The first-order valence-corrected chi connectivity index (χ1v) is 7.06. The summed E-state index contributed by atoms with van der Waals surface area (Å²) in [5.41, 5.74) is 8.53. The lowest BCUT2D eigenvalue weighted by Crippen LogP contribution is -2.26. The van der Waals surface area contributed by atoms with Crippen molar-refractivity contribution in [2.24, 2.45) is 16.6 Å². The Morgan fingerprint density at radius 3 is 2.89 bits per heavy atom. The van der Waals surface area contributed by atoms with Crippen LogP contribution in [-0.2, 0) is 6.42 Å². The molecular weight excluding hydrogens is 224 g/mol. The van der Waals surface area contributed by atoms with E-state index in [4.69, 9.17) is 5.73 Å². The topological polar surface area (TPSA) is 67.1 Å². The van der Waals surface area contributed by atoms with Gasteiger partial charge in [-0.25, -0.2) is 0 Å². The van der Waals surface area contributed by atoms with Crippen LogP contribution in [-0.4, -0.2) is 22.6 Å². The van der Waals surface area contributed by atoms with E-state index in [1.54, 1.807) is 0 Å². The summed E-state index contributed by atoms with van der Waals surface area (Å²) in [4.78, 5) is 4.54. The van der Waals surface area contributed by atoms with Crippen molar-refractivity contribution < 1.29 is 0 Å². The molecule has 0 saturated heterocycles. The second-order valence-electron chi connectivity index (χ2n) is 5.27.